The molecule has 0 spiro atoms. The highest BCUT2D eigenvalue weighted by Gasteiger charge is 2.15. The standard InChI is InChI=1S/C15H19FN4O/c1-2-17-15-18-10-13(16)14(19-15)20(8-9-21)11-12-6-4-3-5-7-12/h3-7,10,21H,2,8-9,11H2,1H3,(H,17,18,19). The molecule has 0 amide bonds. The van der Waals surface area contributed by atoms with Crippen LogP contribution in [0.2, 0.25) is 0 Å². The fourth-order valence-electron chi connectivity index (χ4n) is 2.01. The summed E-state index contributed by atoms with van der Waals surface area (Å²) in [7, 11) is 0. The number of rotatable bonds is 7. The summed E-state index contributed by atoms with van der Waals surface area (Å²) in [5, 5.41) is 12.2. The second-order valence-corrected chi connectivity index (χ2v) is 4.53. The Morgan fingerprint density at radius 3 is 2.71 bits per heavy atom. The van der Waals surface area contributed by atoms with E-state index >= 15 is 0 Å². The Kier molecular flexibility index (Phi) is 5.45. The summed E-state index contributed by atoms with van der Waals surface area (Å²) in [5.41, 5.74) is 1.02. The maximum absolute atomic E-state index is 14.0. The Bertz CT molecular complexity index is 565. The van der Waals surface area contributed by atoms with E-state index in [9.17, 15) is 9.50 Å². The van der Waals surface area contributed by atoms with Gasteiger partial charge in [-0.3, -0.25) is 0 Å². The van der Waals surface area contributed by atoms with E-state index in [1.54, 1.807) is 4.90 Å². The van der Waals surface area contributed by atoms with Gasteiger partial charge in [-0.1, -0.05) is 30.3 Å². The van der Waals surface area contributed by atoms with E-state index in [1.807, 2.05) is 37.3 Å². The van der Waals surface area contributed by atoms with Gasteiger partial charge < -0.3 is 15.3 Å². The first-order chi connectivity index (χ1) is 10.2. The highest BCUT2D eigenvalue weighted by atomic mass is 19.1. The van der Waals surface area contributed by atoms with Crippen molar-refractivity contribution in [2.75, 3.05) is 29.9 Å². The molecule has 0 aliphatic carbocycles. The quantitative estimate of drug-likeness (QED) is 0.817. The first-order valence-electron chi connectivity index (χ1n) is 6.90. The van der Waals surface area contributed by atoms with E-state index in [-0.39, 0.29) is 12.4 Å². The van der Waals surface area contributed by atoms with Crippen molar-refractivity contribution in [2.24, 2.45) is 0 Å². The van der Waals surface area contributed by atoms with Crippen molar-refractivity contribution in [3.63, 3.8) is 0 Å². The normalized spacial score (nSPS) is 10.4. The van der Waals surface area contributed by atoms with Gasteiger partial charge in [0.05, 0.1) is 12.8 Å². The summed E-state index contributed by atoms with van der Waals surface area (Å²) >= 11 is 0. The molecule has 0 radical (unpaired) electrons. The molecule has 0 atom stereocenters. The van der Waals surface area contributed by atoms with Crippen molar-refractivity contribution in [3.05, 3.63) is 47.9 Å². The molecule has 1 aromatic heterocycles. The van der Waals surface area contributed by atoms with Gasteiger partial charge in [-0.05, 0) is 12.5 Å². The highest BCUT2D eigenvalue weighted by molar-refractivity contribution is 5.44. The van der Waals surface area contributed by atoms with Gasteiger partial charge >= 0.3 is 0 Å². The van der Waals surface area contributed by atoms with Gasteiger partial charge in [0, 0.05) is 19.6 Å². The Morgan fingerprint density at radius 2 is 2.05 bits per heavy atom. The van der Waals surface area contributed by atoms with Crippen molar-refractivity contribution in [1.29, 1.82) is 0 Å². The number of anilines is 2. The molecule has 21 heavy (non-hydrogen) atoms. The van der Waals surface area contributed by atoms with E-state index in [2.05, 4.69) is 15.3 Å². The topological polar surface area (TPSA) is 61.3 Å². The van der Waals surface area contributed by atoms with E-state index in [1.165, 1.54) is 0 Å². The molecule has 2 rings (SSSR count). The van der Waals surface area contributed by atoms with Crippen molar-refractivity contribution in [1.82, 2.24) is 9.97 Å². The van der Waals surface area contributed by atoms with Gasteiger partial charge in [-0.25, -0.2) is 9.37 Å². The molecule has 0 bridgehead atoms. The molecular formula is C15H19FN4O. The molecule has 2 aromatic rings. The number of hydrogen-bond donors (Lipinski definition) is 2. The second kappa shape index (κ2) is 7.54. The predicted octanol–water partition coefficient (Wildman–Crippen LogP) is 2.05. The Hall–Kier alpha value is -2.21. The largest absolute Gasteiger partial charge is 0.395 e. The smallest absolute Gasteiger partial charge is 0.224 e. The van der Waals surface area contributed by atoms with Gasteiger partial charge in [-0.15, -0.1) is 0 Å². The number of aliphatic hydroxyl groups is 1. The molecular weight excluding hydrogens is 271 g/mol. The molecule has 6 heteroatoms. The van der Waals surface area contributed by atoms with Crippen LogP contribution in [0.4, 0.5) is 16.2 Å². The fourth-order valence-corrected chi connectivity index (χ4v) is 2.01. The lowest BCUT2D eigenvalue weighted by molar-refractivity contribution is 0.300. The monoisotopic (exact) mass is 290 g/mol. The molecule has 0 aliphatic heterocycles. The molecule has 0 saturated carbocycles. The Balaban J connectivity index is 2.26. The number of aliphatic hydroxyl groups excluding tert-OH is 1. The van der Waals surface area contributed by atoms with Crippen LogP contribution in [0.25, 0.3) is 0 Å². The minimum absolute atomic E-state index is 0.0766. The first-order valence-corrected chi connectivity index (χ1v) is 6.90. The van der Waals surface area contributed by atoms with Gasteiger partial charge in [0.15, 0.2) is 11.6 Å². The first kappa shape index (κ1) is 15.2. The molecule has 1 aromatic carbocycles. The average molecular weight is 290 g/mol. The van der Waals surface area contributed by atoms with E-state index in [0.29, 0.717) is 25.6 Å². The van der Waals surface area contributed by atoms with Crippen LogP contribution in [0.15, 0.2) is 36.5 Å². The molecule has 0 aliphatic rings. The van der Waals surface area contributed by atoms with E-state index in [4.69, 9.17) is 0 Å². The molecule has 0 unspecified atom stereocenters. The maximum atomic E-state index is 14.0. The number of benzene rings is 1. The van der Waals surface area contributed by atoms with E-state index in [0.717, 1.165) is 11.8 Å². The Morgan fingerprint density at radius 1 is 1.29 bits per heavy atom. The number of nitrogens with one attached hydrogen (secondary N) is 1. The zero-order chi connectivity index (χ0) is 15.1. The zero-order valence-electron chi connectivity index (χ0n) is 12.0. The molecule has 0 saturated heterocycles. The molecule has 112 valence electrons. The number of hydrogen-bond acceptors (Lipinski definition) is 5. The van der Waals surface area contributed by atoms with Crippen LogP contribution in [0.3, 0.4) is 0 Å². The zero-order valence-corrected chi connectivity index (χ0v) is 12.0. The van der Waals surface area contributed by atoms with E-state index < -0.39 is 5.82 Å². The average Bonchev–Trinajstić information content (AvgIpc) is 2.50. The van der Waals surface area contributed by atoms with Crippen LogP contribution in [-0.4, -0.2) is 34.8 Å². The lowest BCUT2D eigenvalue weighted by atomic mass is 10.2. The third-order valence-electron chi connectivity index (χ3n) is 2.95. The van der Waals surface area contributed by atoms with Crippen LogP contribution in [0.1, 0.15) is 12.5 Å². The van der Waals surface area contributed by atoms with Crippen molar-refractivity contribution < 1.29 is 9.50 Å². The van der Waals surface area contributed by atoms with Gasteiger partial charge in [-0.2, -0.15) is 4.98 Å². The minimum atomic E-state index is -0.499. The molecule has 2 N–H and O–H groups in total. The van der Waals surface area contributed by atoms with Gasteiger partial charge in [0.1, 0.15) is 0 Å². The van der Waals surface area contributed by atoms with Crippen molar-refractivity contribution >= 4 is 11.8 Å². The van der Waals surface area contributed by atoms with Gasteiger partial charge in [0.25, 0.3) is 0 Å². The fraction of sp³-hybridized carbons (Fsp3) is 0.333. The minimum Gasteiger partial charge on any atom is -0.395 e. The summed E-state index contributed by atoms with van der Waals surface area (Å²) in [6, 6.07) is 9.68. The van der Waals surface area contributed by atoms with Crippen molar-refractivity contribution in [3.8, 4) is 0 Å². The van der Waals surface area contributed by atoms with Gasteiger partial charge in [0.2, 0.25) is 5.95 Å². The number of nitrogens with zero attached hydrogens (tertiary/aromatic N) is 3. The second-order valence-electron chi connectivity index (χ2n) is 4.53. The van der Waals surface area contributed by atoms with Crippen LogP contribution in [-0.2, 0) is 6.54 Å². The van der Waals surface area contributed by atoms with Crippen LogP contribution in [0, 0.1) is 5.82 Å². The van der Waals surface area contributed by atoms with Crippen LogP contribution >= 0.6 is 0 Å². The summed E-state index contributed by atoms with van der Waals surface area (Å²) in [4.78, 5) is 9.79. The lowest BCUT2D eigenvalue weighted by Gasteiger charge is -2.23. The Labute approximate surface area is 123 Å². The highest BCUT2D eigenvalue weighted by Crippen LogP contribution is 2.19. The number of aromatic nitrogens is 2. The SMILES string of the molecule is CCNc1ncc(F)c(N(CCO)Cc2ccccc2)n1. The summed E-state index contributed by atoms with van der Waals surface area (Å²) in [6.07, 6.45) is 1.15. The maximum Gasteiger partial charge on any atom is 0.224 e. The van der Waals surface area contributed by atoms with Crippen LogP contribution < -0.4 is 10.2 Å². The number of halogens is 1. The summed E-state index contributed by atoms with van der Waals surface area (Å²) in [6.45, 7) is 3.27. The third kappa shape index (κ3) is 4.13. The summed E-state index contributed by atoms with van der Waals surface area (Å²) in [5.74, 6) is 0.0739. The predicted molar refractivity (Wildman–Crippen MR) is 80.7 cm³/mol. The lowest BCUT2D eigenvalue weighted by Crippen LogP contribution is -2.28. The van der Waals surface area contributed by atoms with Crippen molar-refractivity contribution in [2.45, 2.75) is 13.5 Å². The molecule has 5 nitrogen and oxygen atoms in total. The molecule has 1 heterocycles. The summed E-state index contributed by atoms with van der Waals surface area (Å²) < 4.78 is 14.0. The third-order valence-corrected chi connectivity index (χ3v) is 2.95. The van der Waals surface area contributed by atoms with Crippen LogP contribution in [0.5, 0.6) is 0 Å². The molecule has 0 fully saturated rings.